The second kappa shape index (κ2) is 7.83. The fraction of sp³-hybridized carbons (Fsp3) is 0.591. The average Bonchev–Trinajstić information content (AvgIpc) is 3.01. The number of hydrogen-bond donors (Lipinski definition) is 1. The number of H-pyrrole nitrogens is 1. The Labute approximate surface area is 158 Å². The third kappa shape index (κ3) is 5.34. The van der Waals surface area contributed by atoms with Crippen molar-refractivity contribution in [3.8, 4) is 0 Å². The van der Waals surface area contributed by atoms with Crippen LogP contribution in [0.15, 0.2) is 30.5 Å². The van der Waals surface area contributed by atoms with Gasteiger partial charge in [0.25, 0.3) is 0 Å². The van der Waals surface area contributed by atoms with Crippen LogP contribution in [0, 0.1) is 0 Å². The molecule has 0 unspecified atom stereocenters. The summed E-state index contributed by atoms with van der Waals surface area (Å²) >= 11 is 0. The van der Waals surface area contributed by atoms with E-state index in [4.69, 9.17) is 0 Å². The molecule has 1 aliphatic rings. The predicted octanol–water partition coefficient (Wildman–Crippen LogP) is 4.41. The molecule has 1 saturated heterocycles. The molecule has 1 aromatic carbocycles. The van der Waals surface area contributed by atoms with E-state index in [1.807, 2.05) is 11.1 Å². The molecule has 1 amide bonds. The molecule has 0 saturated carbocycles. The summed E-state index contributed by atoms with van der Waals surface area (Å²) < 4.78 is 0. The number of benzene rings is 1. The number of hydrogen-bond acceptors (Lipinski definition) is 2. The quantitative estimate of drug-likeness (QED) is 0.758. The average molecular weight is 358 g/mol. The van der Waals surface area contributed by atoms with E-state index in [-0.39, 0.29) is 16.9 Å². The summed E-state index contributed by atoms with van der Waals surface area (Å²) in [5.74, 6) is 0.202. The smallest absolute Gasteiger partial charge is 0.219 e. The zero-order valence-corrected chi connectivity index (χ0v) is 17.5. The third-order valence-electron chi connectivity index (χ3n) is 5.09. The lowest BCUT2D eigenvalue weighted by Crippen LogP contribution is -2.54. The number of carbonyl (C=O) groups excluding carboxylic acids is 1. The van der Waals surface area contributed by atoms with E-state index in [0.717, 1.165) is 26.2 Å². The van der Waals surface area contributed by atoms with Gasteiger partial charge in [-0.05, 0) is 55.3 Å². The molecule has 4 heteroatoms. The molecule has 3 rings (SSSR count). The summed E-state index contributed by atoms with van der Waals surface area (Å²) in [7, 11) is 0. The van der Waals surface area contributed by atoms with Crippen molar-refractivity contribution < 1.29 is 4.79 Å². The van der Waals surface area contributed by atoms with Crippen LogP contribution in [-0.2, 0) is 10.2 Å². The molecule has 26 heavy (non-hydrogen) atoms. The molecule has 1 N–H and O–H groups in total. The van der Waals surface area contributed by atoms with Crippen molar-refractivity contribution in [2.45, 2.75) is 59.4 Å². The Hall–Kier alpha value is -1.81. The fourth-order valence-corrected chi connectivity index (χ4v) is 3.21. The topological polar surface area (TPSA) is 39.3 Å². The number of nitrogens with zero attached hydrogens (tertiary/aromatic N) is 2. The molecular formula is C22H35N3O. The summed E-state index contributed by atoms with van der Waals surface area (Å²) in [5, 5.41) is 1.30. The van der Waals surface area contributed by atoms with Crippen molar-refractivity contribution in [3.05, 3.63) is 36.0 Å². The molecule has 0 spiro atoms. The molecule has 0 radical (unpaired) electrons. The van der Waals surface area contributed by atoms with Gasteiger partial charge < -0.3 is 9.88 Å². The van der Waals surface area contributed by atoms with Crippen LogP contribution in [0.2, 0.25) is 0 Å². The van der Waals surface area contributed by atoms with Gasteiger partial charge in [-0.25, -0.2) is 0 Å². The Morgan fingerprint density at radius 1 is 0.962 bits per heavy atom. The van der Waals surface area contributed by atoms with Crippen LogP contribution < -0.4 is 0 Å². The number of fused-ring (bicyclic) bond motifs is 1. The van der Waals surface area contributed by atoms with Crippen LogP contribution in [0.1, 0.15) is 54.0 Å². The summed E-state index contributed by atoms with van der Waals surface area (Å²) in [6, 6.07) is 8.71. The van der Waals surface area contributed by atoms with E-state index in [1.165, 1.54) is 16.5 Å². The molecular weight excluding hydrogens is 322 g/mol. The first-order valence-corrected chi connectivity index (χ1v) is 9.56. The van der Waals surface area contributed by atoms with Crippen LogP contribution in [0.3, 0.4) is 0 Å². The SMILES string of the molecule is CC(=O)N1CCN(C(C)(C)C)CC1.CC(C)(C)c1ccc2[nH]ccc2c1. The highest BCUT2D eigenvalue weighted by atomic mass is 16.2. The molecule has 0 atom stereocenters. The maximum Gasteiger partial charge on any atom is 0.219 e. The zero-order chi connectivity index (χ0) is 19.5. The molecule has 2 heterocycles. The lowest BCUT2D eigenvalue weighted by Gasteiger charge is -2.42. The minimum atomic E-state index is 0.202. The minimum absolute atomic E-state index is 0.202. The largest absolute Gasteiger partial charge is 0.361 e. The standard InChI is InChI=1S/C12H15N.C10H20N2O/c1-12(2,3)10-4-5-11-9(8-10)6-7-13-11;1-9(13)11-5-7-12(8-6-11)10(2,3)4/h4-8,13H,1-3H3;5-8H2,1-4H3. The molecule has 4 nitrogen and oxygen atoms in total. The minimum Gasteiger partial charge on any atom is -0.361 e. The van der Waals surface area contributed by atoms with E-state index >= 15 is 0 Å². The molecule has 2 aromatic rings. The first kappa shape index (κ1) is 20.5. The van der Waals surface area contributed by atoms with Crippen molar-refractivity contribution in [2.24, 2.45) is 0 Å². The normalized spacial score (nSPS) is 16.3. The predicted molar refractivity (Wildman–Crippen MR) is 111 cm³/mol. The molecule has 1 aliphatic heterocycles. The highest BCUT2D eigenvalue weighted by Crippen LogP contribution is 2.25. The fourth-order valence-electron chi connectivity index (χ4n) is 3.21. The van der Waals surface area contributed by atoms with Crippen molar-refractivity contribution in [1.29, 1.82) is 0 Å². The summed E-state index contributed by atoms with van der Waals surface area (Å²) in [6.07, 6.45) is 1.98. The molecule has 0 bridgehead atoms. The van der Waals surface area contributed by atoms with Crippen LogP contribution in [0.5, 0.6) is 0 Å². The summed E-state index contributed by atoms with van der Waals surface area (Å²) in [4.78, 5) is 18.6. The molecule has 0 aliphatic carbocycles. The highest BCUT2D eigenvalue weighted by Gasteiger charge is 2.26. The first-order chi connectivity index (χ1) is 12.0. The highest BCUT2D eigenvalue weighted by molar-refractivity contribution is 5.80. The van der Waals surface area contributed by atoms with Gasteiger partial charge in [-0.2, -0.15) is 0 Å². The summed E-state index contributed by atoms with van der Waals surface area (Å²) in [5.41, 5.74) is 3.08. The number of nitrogens with one attached hydrogen (secondary N) is 1. The number of aromatic amines is 1. The van der Waals surface area contributed by atoms with Gasteiger partial charge in [0.15, 0.2) is 0 Å². The Morgan fingerprint density at radius 3 is 2.08 bits per heavy atom. The number of carbonyl (C=O) groups is 1. The number of amides is 1. The van der Waals surface area contributed by atoms with Crippen molar-refractivity contribution in [1.82, 2.24) is 14.8 Å². The van der Waals surface area contributed by atoms with E-state index in [9.17, 15) is 4.79 Å². The Morgan fingerprint density at radius 2 is 1.58 bits per heavy atom. The monoisotopic (exact) mass is 357 g/mol. The second-order valence-electron chi connectivity index (χ2n) is 9.19. The maximum atomic E-state index is 11.1. The van der Waals surface area contributed by atoms with Gasteiger partial charge in [-0.15, -0.1) is 0 Å². The Kier molecular flexibility index (Phi) is 6.17. The van der Waals surface area contributed by atoms with Gasteiger partial charge in [0.05, 0.1) is 0 Å². The lowest BCUT2D eigenvalue weighted by atomic mass is 9.86. The lowest BCUT2D eigenvalue weighted by molar-refractivity contribution is -0.131. The third-order valence-corrected chi connectivity index (χ3v) is 5.09. The second-order valence-corrected chi connectivity index (χ2v) is 9.19. The van der Waals surface area contributed by atoms with Gasteiger partial charge in [0, 0.05) is 50.4 Å². The molecule has 144 valence electrons. The van der Waals surface area contributed by atoms with Crippen molar-refractivity contribution >= 4 is 16.8 Å². The van der Waals surface area contributed by atoms with Gasteiger partial charge in [-0.3, -0.25) is 9.69 Å². The van der Waals surface area contributed by atoms with Crippen LogP contribution in [0.25, 0.3) is 10.9 Å². The van der Waals surface area contributed by atoms with Gasteiger partial charge in [0.1, 0.15) is 0 Å². The summed E-state index contributed by atoms with van der Waals surface area (Å²) in [6.45, 7) is 18.8. The number of rotatable bonds is 0. The van der Waals surface area contributed by atoms with Crippen LogP contribution in [-0.4, -0.2) is 52.4 Å². The van der Waals surface area contributed by atoms with E-state index in [0.29, 0.717) is 0 Å². The maximum absolute atomic E-state index is 11.1. The van der Waals surface area contributed by atoms with Crippen LogP contribution in [0.4, 0.5) is 0 Å². The van der Waals surface area contributed by atoms with Gasteiger partial charge in [0.2, 0.25) is 5.91 Å². The Balaban J connectivity index is 0.000000187. The number of aromatic nitrogens is 1. The van der Waals surface area contributed by atoms with Crippen molar-refractivity contribution in [3.63, 3.8) is 0 Å². The van der Waals surface area contributed by atoms with Crippen molar-refractivity contribution in [2.75, 3.05) is 26.2 Å². The Bertz CT molecular complexity index is 726. The van der Waals surface area contributed by atoms with Gasteiger partial charge >= 0.3 is 0 Å². The molecule has 1 fully saturated rings. The van der Waals surface area contributed by atoms with Gasteiger partial charge in [-0.1, -0.05) is 26.8 Å². The van der Waals surface area contributed by atoms with E-state index in [1.54, 1.807) is 6.92 Å². The first-order valence-electron chi connectivity index (χ1n) is 9.56. The van der Waals surface area contributed by atoms with E-state index < -0.39 is 0 Å². The zero-order valence-electron chi connectivity index (χ0n) is 17.5. The van der Waals surface area contributed by atoms with Crippen LogP contribution >= 0.6 is 0 Å². The molecule has 1 aromatic heterocycles. The number of piperazine rings is 1. The van der Waals surface area contributed by atoms with E-state index in [2.05, 4.69) is 75.7 Å².